The Kier molecular flexibility index (Phi) is 5.20. The second-order valence-corrected chi connectivity index (χ2v) is 7.28. The molecule has 0 aliphatic heterocycles. The van der Waals surface area contributed by atoms with Crippen molar-refractivity contribution in [2.75, 3.05) is 5.32 Å². The van der Waals surface area contributed by atoms with Gasteiger partial charge in [-0.05, 0) is 42.9 Å². The molecule has 0 bridgehead atoms. The van der Waals surface area contributed by atoms with E-state index in [1.807, 2.05) is 6.92 Å². The fourth-order valence-corrected chi connectivity index (χ4v) is 3.83. The summed E-state index contributed by atoms with van der Waals surface area (Å²) < 4.78 is 39.5. The van der Waals surface area contributed by atoms with Crippen LogP contribution in [0.3, 0.4) is 0 Å². The van der Waals surface area contributed by atoms with Crippen LogP contribution in [-0.2, 0) is 23.9 Å². The van der Waals surface area contributed by atoms with Gasteiger partial charge < -0.3 is 10.3 Å². The molecular weight excluding hydrogens is 399 g/mol. The highest BCUT2D eigenvalue weighted by Gasteiger charge is 2.30. The standard InChI is InChI=1S/C17H14F3N3O2S2/c1-2-11-7-12-14(27-11)22-16(26)23(15(12)25)8-13(24)21-10-5-3-4-9(6-10)17(18,19)20/h3-7H,2,8H2,1H3,(H,21,24)(H,22,26). The highest BCUT2D eigenvalue weighted by molar-refractivity contribution is 7.71. The number of alkyl halides is 3. The highest BCUT2D eigenvalue weighted by Crippen LogP contribution is 2.30. The molecular formula is C17H14F3N3O2S2. The lowest BCUT2D eigenvalue weighted by atomic mass is 10.2. The van der Waals surface area contributed by atoms with E-state index >= 15 is 0 Å². The molecule has 2 N–H and O–H groups in total. The Labute approximate surface area is 160 Å². The van der Waals surface area contributed by atoms with Gasteiger partial charge in [0.2, 0.25) is 5.91 Å². The average molecular weight is 413 g/mol. The number of benzene rings is 1. The maximum absolute atomic E-state index is 12.8. The van der Waals surface area contributed by atoms with Gasteiger partial charge in [0.1, 0.15) is 11.4 Å². The van der Waals surface area contributed by atoms with Crippen molar-refractivity contribution in [2.24, 2.45) is 0 Å². The van der Waals surface area contributed by atoms with Crippen LogP contribution in [0.4, 0.5) is 18.9 Å². The van der Waals surface area contributed by atoms with E-state index in [-0.39, 0.29) is 10.5 Å². The Morgan fingerprint density at radius 3 is 2.74 bits per heavy atom. The first-order valence-electron chi connectivity index (χ1n) is 7.91. The largest absolute Gasteiger partial charge is 0.416 e. The van der Waals surface area contributed by atoms with Crippen LogP contribution in [0.5, 0.6) is 0 Å². The van der Waals surface area contributed by atoms with Crippen LogP contribution in [0.2, 0.25) is 0 Å². The number of carbonyl (C=O) groups excluding carboxylic acids is 1. The van der Waals surface area contributed by atoms with Crippen LogP contribution < -0.4 is 10.9 Å². The fraction of sp³-hybridized carbons (Fsp3) is 0.235. The van der Waals surface area contributed by atoms with Crippen molar-refractivity contribution >= 4 is 45.4 Å². The molecule has 0 fully saturated rings. The minimum atomic E-state index is -4.51. The second-order valence-electron chi connectivity index (χ2n) is 5.76. The third-order valence-corrected chi connectivity index (χ3v) is 5.37. The van der Waals surface area contributed by atoms with Crippen LogP contribution in [0.15, 0.2) is 35.1 Å². The molecule has 0 saturated carbocycles. The Hall–Kier alpha value is -2.46. The van der Waals surface area contributed by atoms with Gasteiger partial charge >= 0.3 is 6.18 Å². The lowest BCUT2D eigenvalue weighted by Gasteiger charge is -2.11. The first kappa shape index (κ1) is 19.3. The molecule has 142 valence electrons. The van der Waals surface area contributed by atoms with Gasteiger partial charge in [-0.3, -0.25) is 14.2 Å². The van der Waals surface area contributed by atoms with E-state index in [1.165, 1.54) is 23.5 Å². The number of aromatic nitrogens is 2. The van der Waals surface area contributed by atoms with Gasteiger partial charge in [-0.2, -0.15) is 13.2 Å². The van der Waals surface area contributed by atoms with Crippen LogP contribution >= 0.6 is 23.6 Å². The summed E-state index contributed by atoms with van der Waals surface area (Å²) in [6.45, 7) is 1.55. The number of rotatable bonds is 4. The molecule has 0 aliphatic rings. The number of hydrogen-bond donors (Lipinski definition) is 2. The predicted molar refractivity (Wildman–Crippen MR) is 101 cm³/mol. The molecule has 0 radical (unpaired) electrons. The number of hydrogen-bond acceptors (Lipinski definition) is 4. The van der Waals surface area contributed by atoms with E-state index in [0.717, 1.165) is 28.0 Å². The number of nitrogens with one attached hydrogen (secondary N) is 2. The number of carbonyl (C=O) groups is 1. The van der Waals surface area contributed by atoms with E-state index in [9.17, 15) is 22.8 Å². The number of H-pyrrole nitrogens is 1. The summed E-state index contributed by atoms with van der Waals surface area (Å²) in [7, 11) is 0. The number of thiophene rings is 1. The van der Waals surface area contributed by atoms with Crippen molar-refractivity contribution < 1.29 is 18.0 Å². The summed E-state index contributed by atoms with van der Waals surface area (Å²) in [5.41, 5.74) is -1.30. The van der Waals surface area contributed by atoms with Crippen molar-refractivity contribution in [3.05, 3.63) is 55.9 Å². The number of fused-ring (bicyclic) bond motifs is 1. The van der Waals surface area contributed by atoms with Gasteiger partial charge in [0, 0.05) is 10.6 Å². The molecule has 1 amide bonds. The van der Waals surface area contributed by atoms with Crippen molar-refractivity contribution in [2.45, 2.75) is 26.1 Å². The summed E-state index contributed by atoms with van der Waals surface area (Å²) in [6, 6.07) is 6.02. The quantitative estimate of drug-likeness (QED) is 0.626. The van der Waals surface area contributed by atoms with Gasteiger partial charge in [-0.25, -0.2) is 0 Å². The summed E-state index contributed by atoms with van der Waals surface area (Å²) in [4.78, 5) is 29.4. The lowest BCUT2D eigenvalue weighted by molar-refractivity contribution is -0.137. The maximum Gasteiger partial charge on any atom is 0.416 e. The van der Waals surface area contributed by atoms with Crippen molar-refractivity contribution in [3.8, 4) is 0 Å². The lowest BCUT2D eigenvalue weighted by Crippen LogP contribution is -2.28. The number of aromatic amines is 1. The van der Waals surface area contributed by atoms with Crippen LogP contribution in [-0.4, -0.2) is 15.5 Å². The Morgan fingerprint density at radius 1 is 1.33 bits per heavy atom. The van der Waals surface area contributed by atoms with E-state index < -0.39 is 29.8 Å². The Balaban J connectivity index is 1.86. The smallest absolute Gasteiger partial charge is 0.325 e. The monoisotopic (exact) mass is 413 g/mol. The molecule has 0 spiro atoms. The van der Waals surface area contributed by atoms with Crippen molar-refractivity contribution in [1.29, 1.82) is 0 Å². The number of anilines is 1. The minimum absolute atomic E-state index is 0.0114. The normalized spacial score (nSPS) is 11.7. The minimum Gasteiger partial charge on any atom is -0.325 e. The van der Waals surface area contributed by atoms with Gasteiger partial charge in [0.15, 0.2) is 4.77 Å². The molecule has 3 rings (SSSR count). The fourth-order valence-electron chi connectivity index (χ4n) is 2.53. The zero-order valence-corrected chi connectivity index (χ0v) is 15.6. The van der Waals surface area contributed by atoms with E-state index in [1.54, 1.807) is 6.07 Å². The van der Waals surface area contributed by atoms with Crippen molar-refractivity contribution in [3.63, 3.8) is 0 Å². The average Bonchev–Trinajstić information content (AvgIpc) is 3.01. The maximum atomic E-state index is 12.8. The summed E-state index contributed by atoms with van der Waals surface area (Å²) in [5, 5.41) is 2.79. The SMILES string of the molecule is CCc1cc2c(=O)n(CC(=O)Nc3cccc(C(F)(F)F)c3)c(=S)[nH]c2s1. The third kappa shape index (κ3) is 4.11. The molecule has 1 aromatic carbocycles. The molecule has 5 nitrogen and oxygen atoms in total. The summed E-state index contributed by atoms with van der Waals surface area (Å²) in [5.74, 6) is -0.652. The van der Waals surface area contributed by atoms with Gasteiger partial charge in [0.25, 0.3) is 5.56 Å². The van der Waals surface area contributed by atoms with Crippen LogP contribution in [0.1, 0.15) is 17.4 Å². The third-order valence-electron chi connectivity index (χ3n) is 3.85. The number of aryl methyl sites for hydroxylation is 1. The zero-order valence-electron chi connectivity index (χ0n) is 14.0. The molecule has 0 atom stereocenters. The number of halogens is 3. The second kappa shape index (κ2) is 7.28. The van der Waals surface area contributed by atoms with E-state index in [0.29, 0.717) is 10.2 Å². The Bertz CT molecular complexity index is 1130. The molecule has 10 heteroatoms. The zero-order chi connectivity index (χ0) is 19.8. The van der Waals surface area contributed by atoms with E-state index in [2.05, 4.69) is 10.3 Å². The topological polar surface area (TPSA) is 66.9 Å². The van der Waals surface area contributed by atoms with Crippen molar-refractivity contribution in [1.82, 2.24) is 9.55 Å². The number of amides is 1. The Morgan fingerprint density at radius 2 is 2.07 bits per heavy atom. The number of nitrogens with zero attached hydrogens (tertiary/aromatic N) is 1. The highest BCUT2D eigenvalue weighted by atomic mass is 32.1. The summed E-state index contributed by atoms with van der Waals surface area (Å²) >= 11 is 6.57. The van der Waals surface area contributed by atoms with Gasteiger partial charge in [0.05, 0.1) is 10.9 Å². The van der Waals surface area contributed by atoms with E-state index in [4.69, 9.17) is 12.2 Å². The van der Waals surface area contributed by atoms with Crippen LogP contribution in [0.25, 0.3) is 10.2 Å². The van der Waals surface area contributed by atoms with Gasteiger partial charge in [-0.1, -0.05) is 13.0 Å². The van der Waals surface area contributed by atoms with Crippen LogP contribution in [0, 0.1) is 4.77 Å². The molecule has 0 aliphatic carbocycles. The summed E-state index contributed by atoms with van der Waals surface area (Å²) in [6.07, 6.45) is -3.75. The first-order chi connectivity index (χ1) is 12.7. The molecule has 0 saturated heterocycles. The first-order valence-corrected chi connectivity index (χ1v) is 9.14. The van der Waals surface area contributed by atoms with Gasteiger partial charge in [-0.15, -0.1) is 11.3 Å². The predicted octanol–water partition coefficient (Wildman–Crippen LogP) is 4.34. The molecule has 0 unspecified atom stereocenters. The molecule has 27 heavy (non-hydrogen) atoms. The molecule has 2 aromatic heterocycles. The molecule has 3 aromatic rings. The molecule has 2 heterocycles.